The molecule has 4 atom stereocenters. The van der Waals surface area contributed by atoms with Crippen LogP contribution in [0, 0.1) is 29.6 Å². The van der Waals surface area contributed by atoms with E-state index < -0.39 is 6.36 Å². The maximum absolute atomic E-state index is 13.1. The topological polar surface area (TPSA) is 32.8 Å². The van der Waals surface area contributed by atoms with Crippen LogP contribution in [0.15, 0.2) is 24.3 Å². The van der Waals surface area contributed by atoms with E-state index in [9.17, 15) is 18.0 Å². The number of nitrogens with zero attached hydrogens (tertiary/aromatic N) is 2. The van der Waals surface area contributed by atoms with Gasteiger partial charge >= 0.3 is 6.36 Å². The van der Waals surface area contributed by atoms with Crippen molar-refractivity contribution in [1.82, 2.24) is 9.80 Å². The highest BCUT2D eigenvalue weighted by Crippen LogP contribution is 2.46. The van der Waals surface area contributed by atoms with Gasteiger partial charge in [-0.2, -0.15) is 0 Å². The van der Waals surface area contributed by atoms with Crippen LogP contribution in [0.2, 0.25) is 0 Å². The molecule has 3 aliphatic rings. The molecule has 4 rings (SSSR count). The Bertz CT molecular complexity index is 759. The van der Waals surface area contributed by atoms with Crippen molar-refractivity contribution in [2.45, 2.75) is 51.9 Å². The highest BCUT2D eigenvalue weighted by atomic mass is 19.4. The Hall–Kier alpha value is -1.76. The van der Waals surface area contributed by atoms with E-state index in [1.165, 1.54) is 44.5 Å². The number of carbonyl (C=O) groups excluding carboxylic acids is 1. The third kappa shape index (κ3) is 5.54. The van der Waals surface area contributed by atoms with Gasteiger partial charge in [0, 0.05) is 19.0 Å². The second-order valence-corrected chi connectivity index (χ2v) is 9.99. The lowest BCUT2D eigenvalue weighted by Gasteiger charge is -2.38. The van der Waals surface area contributed by atoms with E-state index in [2.05, 4.69) is 23.6 Å². The zero-order valence-corrected chi connectivity index (χ0v) is 18.4. The maximum atomic E-state index is 13.1. The van der Waals surface area contributed by atoms with Crippen LogP contribution in [-0.2, 0) is 11.3 Å². The fourth-order valence-corrected chi connectivity index (χ4v) is 6.15. The summed E-state index contributed by atoms with van der Waals surface area (Å²) in [6, 6.07) is 5.86. The molecule has 2 saturated heterocycles. The largest absolute Gasteiger partial charge is 0.573 e. The summed E-state index contributed by atoms with van der Waals surface area (Å²) in [5, 5.41) is 0. The van der Waals surface area contributed by atoms with E-state index in [0.717, 1.165) is 30.9 Å². The summed E-state index contributed by atoms with van der Waals surface area (Å²) < 4.78 is 41.0. The standard InChI is InChI=1S/C24H33F3N2O2/c1-16-11-19(12-17-7-9-28(2)10-8-17)13-20-15-29(23(30)22(16)20)14-18-3-5-21(6-4-18)31-24(25,26)27/h3-6,16-17,19-20,22H,7-15H2,1-2H3. The van der Waals surface area contributed by atoms with Crippen molar-refractivity contribution in [1.29, 1.82) is 0 Å². The predicted molar refractivity (Wildman–Crippen MR) is 112 cm³/mol. The molecule has 7 heteroatoms. The molecule has 0 bridgehead atoms. The fraction of sp³-hybridized carbons (Fsp3) is 0.708. The molecule has 31 heavy (non-hydrogen) atoms. The van der Waals surface area contributed by atoms with Crippen molar-refractivity contribution in [3.63, 3.8) is 0 Å². The van der Waals surface area contributed by atoms with Crippen molar-refractivity contribution in [3.8, 4) is 5.75 Å². The molecule has 172 valence electrons. The SMILES string of the molecule is CC1CC(CC2CCN(C)CC2)CC2CN(Cc3ccc(OC(F)(F)F)cc3)C(=O)C12. The number of hydrogen-bond donors (Lipinski definition) is 0. The number of piperidine rings is 1. The second-order valence-electron chi connectivity index (χ2n) is 9.99. The van der Waals surface area contributed by atoms with E-state index in [-0.39, 0.29) is 17.6 Å². The van der Waals surface area contributed by atoms with Crippen LogP contribution >= 0.6 is 0 Å². The quantitative estimate of drug-likeness (QED) is 0.653. The molecule has 0 spiro atoms. The predicted octanol–water partition coefficient (Wildman–Crippen LogP) is 4.94. The number of fused-ring (bicyclic) bond motifs is 1. The summed E-state index contributed by atoms with van der Waals surface area (Å²) >= 11 is 0. The van der Waals surface area contributed by atoms with Crippen LogP contribution in [0.3, 0.4) is 0 Å². The Kier molecular flexibility index (Phi) is 6.52. The zero-order chi connectivity index (χ0) is 22.2. The first kappa shape index (κ1) is 22.4. The monoisotopic (exact) mass is 438 g/mol. The van der Waals surface area contributed by atoms with Crippen LogP contribution in [-0.4, -0.2) is 48.8 Å². The Morgan fingerprint density at radius 3 is 2.39 bits per heavy atom. The van der Waals surface area contributed by atoms with Gasteiger partial charge in [-0.05, 0) is 93.6 Å². The first-order chi connectivity index (χ1) is 14.7. The first-order valence-electron chi connectivity index (χ1n) is 11.5. The fourth-order valence-electron chi connectivity index (χ4n) is 6.15. The summed E-state index contributed by atoms with van der Waals surface area (Å²) in [5.41, 5.74) is 0.831. The molecule has 0 radical (unpaired) electrons. The number of amides is 1. The van der Waals surface area contributed by atoms with Crippen molar-refractivity contribution in [2.75, 3.05) is 26.7 Å². The van der Waals surface area contributed by atoms with Gasteiger partial charge < -0.3 is 14.5 Å². The van der Waals surface area contributed by atoms with Crippen molar-refractivity contribution in [3.05, 3.63) is 29.8 Å². The third-order valence-corrected chi connectivity index (χ3v) is 7.55. The van der Waals surface area contributed by atoms with Crippen molar-refractivity contribution < 1.29 is 22.7 Å². The molecule has 1 aliphatic carbocycles. The average molecular weight is 439 g/mol. The normalized spacial score (nSPS) is 30.5. The van der Waals surface area contributed by atoms with Crippen LogP contribution in [0.4, 0.5) is 13.2 Å². The molecule has 1 amide bonds. The number of rotatable bonds is 5. The second kappa shape index (κ2) is 9.00. The van der Waals surface area contributed by atoms with Gasteiger partial charge in [-0.25, -0.2) is 0 Å². The average Bonchev–Trinajstić information content (AvgIpc) is 3.00. The summed E-state index contributed by atoms with van der Waals surface area (Å²) in [6.07, 6.45) is 1.43. The Morgan fingerprint density at radius 1 is 1.06 bits per heavy atom. The minimum Gasteiger partial charge on any atom is -0.406 e. The van der Waals surface area contributed by atoms with Crippen molar-refractivity contribution in [2.24, 2.45) is 29.6 Å². The van der Waals surface area contributed by atoms with Crippen LogP contribution < -0.4 is 4.74 Å². The van der Waals surface area contributed by atoms with Gasteiger partial charge in [0.2, 0.25) is 5.91 Å². The van der Waals surface area contributed by atoms with E-state index in [1.807, 2.05) is 4.90 Å². The number of halogens is 3. The van der Waals surface area contributed by atoms with E-state index in [0.29, 0.717) is 24.3 Å². The summed E-state index contributed by atoms with van der Waals surface area (Å²) in [6.45, 7) is 5.82. The van der Waals surface area contributed by atoms with E-state index in [1.54, 1.807) is 12.1 Å². The molecule has 4 unspecified atom stereocenters. The number of hydrogen-bond acceptors (Lipinski definition) is 3. The minimum atomic E-state index is -4.69. The molecule has 2 heterocycles. The molecule has 0 aromatic heterocycles. The Balaban J connectivity index is 1.34. The molecule has 1 aromatic rings. The molecule has 1 saturated carbocycles. The smallest absolute Gasteiger partial charge is 0.406 e. The summed E-state index contributed by atoms with van der Waals surface area (Å²) in [5.74, 6) is 2.40. The maximum Gasteiger partial charge on any atom is 0.573 e. The molecule has 0 N–H and O–H groups in total. The van der Waals surface area contributed by atoms with Gasteiger partial charge in [0.05, 0.1) is 0 Å². The number of carbonyl (C=O) groups is 1. The molecular weight excluding hydrogens is 405 g/mol. The summed E-state index contributed by atoms with van der Waals surface area (Å²) in [4.78, 5) is 17.4. The van der Waals surface area contributed by atoms with Gasteiger partial charge in [-0.15, -0.1) is 13.2 Å². The lowest BCUT2D eigenvalue weighted by Crippen LogP contribution is -2.35. The Morgan fingerprint density at radius 2 is 1.74 bits per heavy atom. The van der Waals surface area contributed by atoms with Crippen LogP contribution in [0.25, 0.3) is 0 Å². The number of likely N-dealkylation sites (tertiary alicyclic amines) is 2. The number of ether oxygens (including phenoxy) is 1. The molecule has 4 nitrogen and oxygen atoms in total. The van der Waals surface area contributed by atoms with Gasteiger partial charge in [0.25, 0.3) is 0 Å². The molecule has 1 aromatic carbocycles. The first-order valence-corrected chi connectivity index (χ1v) is 11.5. The molecular formula is C24H33F3N2O2. The van der Waals surface area contributed by atoms with E-state index in [4.69, 9.17) is 0 Å². The number of alkyl halides is 3. The minimum absolute atomic E-state index is 0.0987. The third-order valence-electron chi connectivity index (χ3n) is 7.55. The van der Waals surface area contributed by atoms with Gasteiger partial charge in [0.1, 0.15) is 5.75 Å². The summed E-state index contributed by atoms with van der Waals surface area (Å²) in [7, 11) is 2.19. The van der Waals surface area contributed by atoms with E-state index >= 15 is 0 Å². The zero-order valence-electron chi connectivity index (χ0n) is 18.4. The van der Waals surface area contributed by atoms with Crippen LogP contribution in [0.5, 0.6) is 5.75 Å². The lowest BCUT2D eigenvalue weighted by molar-refractivity contribution is -0.274. The van der Waals surface area contributed by atoms with Gasteiger partial charge in [0.15, 0.2) is 0 Å². The lowest BCUT2D eigenvalue weighted by atomic mass is 9.67. The van der Waals surface area contributed by atoms with Gasteiger partial charge in [-0.1, -0.05) is 19.1 Å². The highest BCUT2D eigenvalue weighted by molar-refractivity contribution is 5.81. The van der Waals surface area contributed by atoms with Crippen molar-refractivity contribution >= 4 is 5.91 Å². The van der Waals surface area contributed by atoms with Gasteiger partial charge in [-0.3, -0.25) is 4.79 Å². The molecule has 2 aliphatic heterocycles. The molecule has 3 fully saturated rings. The van der Waals surface area contributed by atoms with Crippen LogP contribution in [0.1, 0.15) is 44.6 Å². The Labute approximate surface area is 182 Å². The number of benzene rings is 1. The highest BCUT2D eigenvalue weighted by Gasteiger charge is 2.47.